The second kappa shape index (κ2) is 4.88. The van der Waals surface area contributed by atoms with Crippen LogP contribution in [0.25, 0.3) is 0 Å². The van der Waals surface area contributed by atoms with E-state index >= 15 is 0 Å². The Labute approximate surface area is 98.8 Å². The molecule has 1 aromatic carbocycles. The molecular weight excluding hydrogens is 198 g/mol. The van der Waals surface area contributed by atoms with E-state index in [0.717, 1.165) is 12.2 Å². The third-order valence-corrected chi connectivity index (χ3v) is 3.28. The zero-order chi connectivity index (χ0) is 12.3. The summed E-state index contributed by atoms with van der Waals surface area (Å²) >= 11 is 0. The fourth-order valence-electron chi connectivity index (χ4n) is 1.74. The monoisotopic (exact) mass is 221 g/mol. The lowest BCUT2D eigenvalue weighted by molar-refractivity contribution is 0.383. The molecule has 1 aromatic rings. The molecule has 2 heteroatoms. The van der Waals surface area contributed by atoms with Gasteiger partial charge in [-0.1, -0.05) is 26.0 Å². The molecule has 0 amide bonds. The molecule has 0 aliphatic rings. The van der Waals surface area contributed by atoms with Gasteiger partial charge in [0.2, 0.25) is 0 Å². The van der Waals surface area contributed by atoms with Gasteiger partial charge in [-0.25, -0.2) is 0 Å². The Balaban J connectivity index is 3.18. The summed E-state index contributed by atoms with van der Waals surface area (Å²) in [5, 5.41) is 0. The molecule has 0 aliphatic heterocycles. The van der Waals surface area contributed by atoms with E-state index < -0.39 is 0 Å². The van der Waals surface area contributed by atoms with E-state index in [2.05, 4.69) is 39.8 Å². The summed E-state index contributed by atoms with van der Waals surface area (Å²) < 4.78 is 5.41. The van der Waals surface area contributed by atoms with Crippen molar-refractivity contribution >= 4 is 0 Å². The molecule has 0 fully saturated rings. The second-order valence-corrected chi connectivity index (χ2v) is 4.97. The fourth-order valence-corrected chi connectivity index (χ4v) is 1.74. The van der Waals surface area contributed by atoms with Gasteiger partial charge >= 0.3 is 0 Å². The number of hydrogen-bond donors (Lipinski definition) is 1. The van der Waals surface area contributed by atoms with Crippen LogP contribution in [0.3, 0.4) is 0 Å². The minimum absolute atomic E-state index is 0.236. The number of rotatable bonds is 4. The van der Waals surface area contributed by atoms with E-state index in [0.29, 0.717) is 0 Å². The highest BCUT2D eigenvalue weighted by atomic mass is 16.5. The summed E-state index contributed by atoms with van der Waals surface area (Å²) in [6.07, 6.45) is 1.04. The maximum absolute atomic E-state index is 6.17. The van der Waals surface area contributed by atoms with Crippen LogP contribution in [0.15, 0.2) is 18.2 Å². The Morgan fingerprint density at radius 2 is 2.00 bits per heavy atom. The molecule has 1 unspecified atom stereocenters. The van der Waals surface area contributed by atoms with Gasteiger partial charge < -0.3 is 10.5 Å². The van der Waals surface area contributed by atoms with Crippen LogP contribution in [-0.4, -0.2) is 12.6 Å². The van der Waals surface area contributed by atoms with Crippen molar-refractivity contribution in [3.8, 4) is 5.75 Å². The van der Waals surface area contributed by atoms with Crippen molar-refractivity contribution in [2.24, 2.45) is 5.73 Å². The topological polar surface area (TPSA) is 35.2 Å². The van der Waals surface area contributed by atoms with Crippen LogP contribution in [0.1, 0.15) is 44.7 Å². The summed E-state index contributed by atoms with van der Waals surface area (Å²) in [4.78, 5) is 0. The van der Waals surface area contributed by atoms with Crippen molar-refractivity contribution < 1.29 is 4.74 Å². The first-order valence-electron chi connectivity index (χ1n) is 5.85. The molecule has 0 radical (unpaired) electrons. The molecule has 0 heterocycles. The molecule has 16 heavy (non-hydrogen) atoms. The van der Waals surface area contributed by atoms with Gasteiger partial charge in [0, 0.05) is 11.5 Å². The van der Waals surface area contributed by atoms with E-state index in [4.69, 9.17) is 10.5 Å². The number of aryl methyl sites for hydroxylation is 1. The Morgan fingerprint density at radius 1 is 1.38 bits per heavy atom. The van der Waals surface area contributed by atoms with Gasteiger partial charge in [0.25, 0.3) is 0 Å². The maximum atomic E-state index is 6.17. The lowest BCUT2D eigenvalue weighted by atomic mass is 9.83. The van der Waals surface area contributed by atoms with Crippen molar-refractivity contribution in [3.05, 3.63) is 29.3 Å². The molecule has 1 rings (SSSR count). The summed E-state index contributed by atoms with van der Waals surface area (Å²) in [5.41, 5.74) is 8.46. The van der Waals surface area contributed by atoms with Crippen LogP contribution in [-0.2, 0) is 6.42 Å². The predicted octanol–water partition coefficient (Wildman–Crippen LogP) is 3.10. The molecule has 2 N–H and O–H groups in total. The zero-order valence-corrected chi connectivity index (χ0v) is 11.0. The zero-order valence-electron chi connectivity index (χ0n) is 11.0. The number of methoxy groups -OCH3 is 1. The van der Waals surface area contributed by atoms with Gasteiger partial charge in [0.05, 0.1) is 7.11 Å². The predicted molar refractivity (Wildman–Crippen MR) is 69.1 cm³/mol. The highest BCUT2D eigenvalue weighted by Crippen LogP contribution is 2.33. The molecule has 0 bridgehead atoms. The number of hydrogen-bond acceptors (Lipinski definition) is 2. The average molecular weight is 221 g/mol. The third kappa shape index (κ3) is 2.76. The van der Waals surface area contributed by atoms with Crippen LogP contribution >= 0.6 is 0 Å². The summed E-state index contributed by atoms with van der Waals surface area (Å²) in [6.45, 7) is 8.41. The van der Waals surface area contributed by atoms with Crippen LogP contribution in [0.5, 0.6) is 5.75 Å². The minimum atomic E-state index is -0.236. The van der Waals surface area contributed by atoms with Gasteiger partial charge in [0.15, 0.2) is 0 Å². The van der Waals surface area contributed by atoms with Crippen molar-refractivity contribution in [1.29, 1.82) is 0 Å². The highest BCUT2D eigenvalue weighted by molar-refractivity contribution is 5.41. The van der Waals surface area contributed by atoms with Gasteiger partial charge in [-0.15, -0.1) is 0 Å². The number of nitrogens with two attached hydrogens (primary N) is 1. The van der Waals surface area contributed by atoms with E-state index in [-0.39, 0.29) is 11.5 Å². The second-order valence-electron chi connectivity index (χ2n) is 4.97. The van der Waals surface area contributed by atoms with Crippen LogP contribution < -0.4 is 10.5 Å². The first kappa shape index (κ1) is 13.0. The maximum Gasteiger partial charge on any atom is 0.122 e. The summed E-state index contributed by atoms with van der Waals surface area (Å²) in [5.74, 6) is 1.21. The first-order chi connectivity index (χ1) is 7.40. The smallest absolute Gasteiger partial charge is 0.122 e. The van der Waals surface area contributed by atoms with E-state index in [9.17, 15) is 0 Å². The number of ether oxygens (including phenoxy) is 1. The van der Waals surface area contributed by atoms with Crippen LogP contribution in [0.4, 0.5) is 0 Å². The van der Waals surface area contributed by atoms with Gasteiger partial charge in [-0.2, -0.15) is 0 Å². The average Bonchev–Trinajstić information content (AvgIpc) is 2.25. The van der Waals surface area contributed by atoms with Gasteiger partial charge in [-0.05, 0) is 37.5 Å². The molecule has 1 atom stereocenters. The molecule has 0 aromatic heterocycles. The standard InChI is InChI=1S/C14H23NO/c1-6-11-7-8-13(16-5)12(9-11)10(2)14(3,4)15/h7-10H,6,15H2,1-5H3. The Kier molecular flexibility index (Phi) is 3.98. The Morgan fingerprint density at radius 3 is 2.44 bits per heavy atom. The lowest BCUT2D eigenvalue weighted by Crippen LogP contribution is -2.38. The lowest BCUT2D eigenvalue weighted by Gasteiger charge is -2.29. The highest BCUT2D eigenvalue weighted by Gasteiger charge is 2.25. The first-order valence-corrected chi connectivity index (χ1v) is 5.85. The SMILES string of the molecule is CCc1ccc(OC)c(C(C)C(C)(C)N)c1. The van der Waals surface area contributed by atoms with E-state index in [1.54, 1.807) is 7.11 Å². The van der Waals surface area contributed by atoms with Crippen molar-refractivity contribution in [2.75, 3.05) is 7.11 Å². The molecular formula is C14H23NO. The van der Waals surface area contributed by atoms with Crippen LogP contribution in [0, 0.1) is 0 Å². The number of benzene rings is 1. The third-order valence-electron chi connectivity index (χ3n) is 3.28. The van der Waals surface area contributed by atoms with Crippen molar-refractivity contribution in [3.63, 3.8) is 0 Å². The van der Waals surface area contributed by atoms with Crippen molar-refractivity contribution in [1.82, 2.24) is 0 Å². The van der Waals surface area contributed by atoms with E-state index in [1.807, 2.05) is 6.07 Å². The summed E-state index contributed by atoms with van der Waals surface area (Å²) in [7, 11) is 1.71. The molecule has 0 aliphatic carbocycles. The molecule has 0 spiro atoms. The van der Waals surface area contributed by atoms with Gasteiger partial charge in [0.1, 0.15) is 5.75 Å². The molecule has 0 saturated carbocycles. The molecule has 90 valence electrons. The molecule has 2 nitrogen and oxygen atoms in total. The largest absolute Gasteiger partial charge is 0.496 e. The van der Waals surface area contributed by atoms with Crippen molar-refractivity contribution in [2.45, 2.75) is 45.6 Å². The normalized spacial score (nSPS) is 13.6. The van der Waals surface area contributed by atoms with Gasteiger partial charge in [-0.3, -0.25) is 0 Å². The fraction of sp³-hybridized carbons (Fsp3) is 0.571. The quantitative estimate of drug-likeness (QED) is 0.848. The minimum Gasteiger partial charge on any atom is -0.496 e. The van der Waals surface area contributed by atoms with E-state index in [1.165, 1.54) is 11.1 Å². The molecule has 0 saturated heterocycles. The summed E-state index contributed by atoms with van der Waals surface area (Å²) in [6, 6.07) is 6.35. The Hall–Kier alpha value is -1.02. The van der Waals surface area contributed by atoms with Crippen LogP contribution in [0.2, 0.25) is 0 Å². The Bertz CT molecular complexity index is 352.